The zero-order valence-corrected chi connectivity index (χ0v) is 13.5. The fourth-order valence-corrected chi connectivity index (χ4v) is 2.18. The summed E-state index contributed by atoms with van der Waals surface area (Å²) in [5.41, 5.74) is 0.943. The van der Waals surface area contributed by atoms with E-state index < -0.39 is 5.97 Å². The van der Waals surface area contributed by atoms with Crippen LogP contribution in [0.25, 0.3) is 0 Å². The molecule has 1 atom stereocenters. The number of nitrogens with one attached hydrogen (secondary N) is 1. The molecule has 1 amide bonds. The van der Waals surface area contributed by atoms with Gasteiger partial charge in [-0.25, -0.2) is 4.79 Å². The van der Waals surface area contributed by atoms with Gasteiger partial charge in [-0.15, -0.1) is 0 Å². The van der Waals surface area contributed by atoms with E-state index in [2.05, 4.69) is 5.32 Å². The molecule has 0 aromatic heterocycles. The Morgan fingerprint density at radius 1 is 1.17 bits per heavy atom. The van der Waals surface area contributed by atoms with Crippen LogP contribution < -0.4 is 14.8 Å². The number of aromatic carboxylic acids is 1. The second-order valence-corrected chi connectivity index (χ2v) is 5.16. The van der Waals surface area contributed by atoms with Gasteiger partial charge in [0, 0.05) is 6.07 Å². The number of carbonyl (C=O) groups is 2. The van der Waals surface area contributed by atoms with E-state index in [4.69, 9.17) is 14.6 Å². The first kappa shape index (κ1) is 17.3. The van der Waals surface area contributed by atoms with Crippen molar-refractivity contribution >= 4 is 11.9 Å². The summed E-state index contributed by atoms with van der Waals surface area (Å²) in [5.74, 6) is -0.936. The number of hydrogen-bond donors (Lipinski definition) is 2. The first-order chi connectivity index (χ1) is 11.5. The molecule has 2 N–H and O–H groups in total. The fourth-order valence-electron chi connectivity index (χ4n) is 2.18. The fraction of sp³-hybridized carbons (Fsp3) is 0.222. The number of benzene rings is 2. The second-order valence-electron chi connectivity index (χ2n) is 5.16. The molecule has 2 aromatic carbocycles. The Hall–Kier alpha value is -3.02. The van der Waals surface area contributed by atoms with Crippen LogP contribution in [0.4, 0.5) is 0 Å². The largest absolute Gasteiger partial charge is 0.497 e. The molecule has 6 heteroatoms. The molecular weight excluding hydrogens is 310 g/mol. The number of hydrogen-bond acceptors (Lipinski definition) is 4. The van der Waals surface area contributed by atoms with Crippen molar-refractivity contribution in [2.45, 2.75) is 13.0 Å². The van der Waals surface area contributed by atoms with Crippen LogP contribution in [0.3, 0.4) is 0 Å². The highest BCUT2D eigenvalue weighted by molar-refractivity contribution is 5.91. The summed E-state index contributed by atoms with van der Waals surface area (Å²) < 4.78 is 10.4. The number of amides is 1. The van der Waals surface area contributed by atoms with Crippen LogP contribution in [0, 0.1) is 0 Å². The number of rotatable bonds is 7. The van der Waals surface area contributed by atoms with Crippen molar-refractivity contribution in [3.63, 3.8) is 0 Å². The Kier molecular flexibility index (Phi) is 5.78. The summed E-state index contributed by atoms with van der Waals surface area (Å²) in [5, 5.41) is 12.0. The topological polar surface area (TPSA) is 84.9 Å². The van der Waals surface area contributed by atoms with Gasteiger partial charge < -0.3 is 19.9 Å². The Bertz CT molecular complexity index is 715. The van der Waals surface area contributed by atoms with Gasteiger partial charge in [0.05, 0.1) is 13.2 Å². The van der Waals surface area contributed by atoms with E-state index in [0.717, 1.165) is 5.56 Å². The lowest BCUT2D eigenvalue weighted by molar-refractivity contribution is -0.123. The van der Waals surface area contributed by atoms with Crippen molar-refractivity contribution < 1.29 is 24.2 Å². The Morgan fingerprint density at radius 2 is 1.88 bits per heavy atom. The highest BCUT2D eigenvalue weighted by atomic mass is 16.5. The minimum Gasteiger partial charge on any atom is -0.497 e. The minimum atomic E-state index is -1.13. The Morgan fingerprint density at radius 3 is 2.50 bits per heavy atom. The van der Waals surface area contributed by atoms with Crippen LogP contribution in [0.5, 0.6) is 11.5 Å². The number of carbonyl (C=O) groups excluding carboxylic acids is 1. The third-order valence-corrected chi connectivity index (χ3v) is 3.46. The van der Waals surface area contributed by atoms with Gasteiger partial charge in [0.15, 0.2) is 6.61 Å². The van der Waals surface area contributed by atoms with Crippen molar-refractivity contribution in [1.29, 1.82) is 0 Å². The lowest BCUT2D eigenvalue weighted by Gasteiger charge is -2.15. The second kappa shape index (κ2) is 8.01. The predicted octanol–water partition coefficient (Wildman–Crippen LogP) is 2.65. The van der Waals surface area contributed by atoms with Gasteiger partial charge in [-0.05, 0) is 24.6 Å². The molecule has 0 fully saturated rings. The minimum absolute atomic E-state index is 0.0280. The average Bonchev–Trinajstić information content (AvgIpc) is 2.60. The summed E-state index contributed by atoms with van der Waals surface area (Å²) in [4.78, 5) is 23.2. The summed E-state index contributed by atoms with van der Waals surface area (Å²) in [6.45, 7) is 1.58. The van der Waals surface area contributed by atoms with Crippen LogP contribution in [0.1, 0.15) is 28.9 Å². The molecular formula is C18H19NO5. The zero-order valence-electron chi connectivity index (χ0n) is 13.5. The van der Waals surface area contributed by atoms with Crippen LogP contribution in [-0.4, -0.2) is 30.7 Å². The van der Waals surface area contributed by atoms with Gasteiger partial charge >= 0.3 is 5.97 Å². The first-order valence-electron chi connectivity index (χ1n) is 7.39. The van der Waals surface area contributed by atoms with Crippen molar-refractivity contribution in [2.24, 2.45) is 0 Å². The standard InChI is InChI=1S/C18H19NO5/c1-12(13-6-4-3-5-7-13)19-17(20)11-24-16-10-14(23-2)8-9-15(16)18(21)22/h3-10,12H,11H2,1-2H3,(H,19,20)(H,21,22)/t12-/m1/s1. The molecule has 0 saturated carbocycles. The predicted molar refractivity (Wildman–Crippen MR) is 88.4 cm³/mol. The zero-order chi connectivity index (χ0) is 17.5. The van der Waals surface area contributed by atoms with E-state index >= 15 is 0 Å². The molecule has 0 unspecified atom stereocenters. The van der Waals surface area contributed by atoms with Crippen molar-refractivity contribution in [1.82, 2.24) is 5.32 Å². The quantitative estimate of drug-likeness (QED) is 0.816. The van der Waals surface area contributed by atoms with Gasteiger partial charge in [-0.1, -0.05) is 30.3 Å². The third kappa shape index (κ3) is 4.49. The SMILES string of the molecule is COc1ccc(C(=O)O)c(OCC(=O)N[C@H](C)c2ccccc2)c1. The maximum atomic E-state index is 12.0. The van der Waals surface area contributed by atoms with Crippen LogP contribution in [-0.2, 0) is 4.79 Å². The molecule has 0 aliphatic carbocycles. The molecule has 0 heterocycles. The lowest BCUT2D eigenvalue weighted by atomic mass is 10.1. The van der Waals surface area contributed by atoms with Gasteiger partial charge in [0.2, 0.25) is 0 Å². The highest BCUT2D eigenvalue weighted by Crippen LogP contribution is 2.25. The molecule has 0 spiro atoms. The molecule has 24 heavy (non-hydrogen) atoms. The number of methoxy groups -OCH3 is 1. The molecule has 6 nitrogen and oxygen atoms in total. The summed E-state index contributed by atoms with van der Waals surface area (Å²) in [6.07, 6.45) is 0. The van der Waals surface area contributed by atoms with Crippen molar-refractivity contribution in [2.75, 3.05) is 13.7 Å². The molecule has 126 valence electrons. The molecule has 0 aliphatic rings. The molecule has 0 saturated heterocycles. The molecule has 2 rings (SSSR count). The van der Waals surface area contributed by atoms with Crippen LogP contribution >= 0.6 is 0 Å². The number of carboxylic acids is 1. The summed E-state index contributed by atoms with van der Waals surface area (Å²) in [7, 11) is 1.47. The van der Waals surface area contributed by atoms with E-state index in [9.17, 15) is 9.59 Å². The Labute approximate surface area is 140 Å². The maximum Gasteiger partial charge on any atom is 0.339 e. The van der Waals surface area contributed by atoms with E-state index in [0.29, 0.717) is 5.75 Å². The van der Waals surface area contributed by atoms with E-state index in [-0.39, 0.29) is 29.9 Å². The highest BCUT2D eigenvalue weighted by Gasteiger charge is 2.15. The Balaban J connectivity index is 2.00. The maximum absolute atomic E-state index is 12.0. The summed E-state index contributed by atoms with van der Waals surface area (Å²) >= 11 is 0. The number of carboxylic acid groups (broad SMARTS) is 1. The van der Waals surface area contributed by atoms with Gasteiger partial charge in [-0.2, -0.15) is 0 Å². The molecule has 0 aliphatic heterocycles. The van der Waals surface area contributed by atoms with Crippen molar-refractivity contribution in [3.05, 3.63) is 59.7 Å². The van der Waals surface area contributed by atoms with Crippen LogP contribution in [0.15, 0.2) is 48.5 Å². The van der Waals surface area contributed by atoms with Crippen LogP contribution in [0.2, 0.25) is 0 Å². The average molecular weight is 329 g/mol. The van der Waals surface area contributed by atoms with Crippen molar-refractivity contribution in [3.8, 4) is 11.5 Å². The smallest absolute Gasteiger partial charge is 0.339 e. The third-order valence-electron chi connectivity index (χ3n) is 3.46. The monoisotopic (exact) mass is 329 g/mol. The molecule has 0 radical (unpaired) electrons. The van der Waals surface area contributed by atoms with Gasteiger partial charge in [0.25, 0.3) is 5.91 Å². The van der Waals surface area contributed by atoms with Gasteiger partial charge in [-0.3, -0.25) is 4.79 Å². The van der Waals surface area contributed by atoms with Gasteiger partial charge in [0.1, 0.15) is 17.1 Å². The summed E-state index contributed by atoms with van der Waals surface area (Å²) in [6, 6.07) is 13.7. The lowest BCUT2D eigenvalue weighted by Crippen LogP contribution is -2.31. The first-order valence-corrected chi connectivity index (χ1v) is 7.39. The van der Waals surface area contributed by atoms with E-state index in [1.165, 1.54) is 25.3 Å². The van der Waals surface area contributed by atoms with E-state index in [1.54, 1.807) is 0 Å². The molecule has 2 aromatic rings. The number of ether oxygens (including phenoxy) is 2. The normalized spacial score (nSPS) is 11.4. The molecule has 0 bridgehead atoms. The van der Waals surface area contributed by atoms with E-state index in [1.807, 2.05) is 37.3 Å².